The van der Waals surface area contributed by atoms with Crippen molar-refractivity contribution in [3.8, 4) is 0 Å². The number of nitrogens with zero attached hydrogens (tertiary/aromatic N) is 10. The number of benzene rings is 3. The summed E-state index contributed by atoms with van der Waals surface area (Å²) in [6, 6.07) is 20.9. The number of oxazole rings is 2. The molecule has 0 aliphatic carbocycles. The number of halogens is 4. The van der Waals surface area contributed by atoms with Gasteiger partial charge < -0.3 is 60.8 Å². The van der Waals surface area contributed by atoms with Crippen molar-refractivity contribution in [3.63, 3.8) is 0 Å². The number of aryl methyl sites for hydroxylation is 2. The van der Waals surface area contributed by atoms with Crippen LogP contribution < -0.4 is 37.2 Å². The molecule has 26 nitrogen and oxygen atoms in total. The molecule has 5 amide bonds. The molecule has 115 heavy (non-hydrogen) atoms. The van der Waals surface area contributed by atoms with Gasteiger partial charge in [-0.1, -0.05) is 83.7 Å². The number of rotatable bonds is 27. The second-order valence-electron chi connectivity index (χ2n) is 29.7. The molecule has 12 rings (SSSR count). The molecule has 35 heteroatoms. The van der Waals surface area contributed by atoms with Crippen LogP contribution in [0.2, 0.25) is 5.02 Å². The standard InChI is InChI=1S/C28H38N6O4S3.C27H33N5O3S.C25H24ClF3N6O2S/c1-28(2,3)23-16-29-25(38-23)19-39-26-17-30-27(40-26)32-21-8-6-15-34(18-21)41(36,37)22-12-10-20(11-13-22)31-24(35)9-7-14-33(4)5;1-5-23(33)30-19-10-8-18(9-11-19)25(34)32-14-6-7-20(17-32)31-26-29-15-21(36-26)12-13-24-28-16-22(35-24)27(2,3)4;1-2-22(36)33-16-7-5-15(6-8-16)23(37)35-9-3-4-17(14-35)34-24-32-12-18(38-24)11-30-21-10-19(25(27,28)29)20(26)13-31-21/h7,9-13,16-17,21H,6,8,14-15,18-19H2,1-5H3,(H,30,32)(H,31,35);5,8-11,15-16,20H,1,6-7,12-14,17H2,2-4H3,(H,29,31)(H,30,33);2,5-8,10,12-13,17H,1,3-4,9,11,14H2,(H,30,31)(H,32,34)(H,33,36)/b9-7+;;/t21-;20-;17-/m111/s1. The topological polar surface area (TPSA) is 320 Å². The highest BCUT2D eigenvalue weighted by Crippen LogP contribution is 2.37. The van der Waals surface area contributed by atoms with Crippen LogP contribution in [-0.4, -0.2) is 165 Å². The van der Waals surface area contributed by atoms with E-state index in [1.807, 2.05) is 42.5 Å². The molecule has 0 unspecified atom stereocenters. The molecule has 3 atom stereocenters. The van der Waals surface area contributed by atoms with E-state index in [9.17, 15) is 45.6 Å². The van der Waals surface area contributed by atoms with Crippen molar-refractivity contribution in [2.75, 3.05) is 97.1 Å². The summed E-state index contributed by atoms with van der Waals surface area (Å²) in [4.78, 5) is 94.9. The first kappa shape index (κ1) is 87.6. The van der Waals surface area contributed by atoms with Gasteiger partial charge in [-0.15, -0.1) is 34.4 Å². The van der Waals surface area contributed by atoms with Gasteiger partial charge in [0.1, 0.15) is 17.3 Å². The molecule has 612 valence electrons. The number of hydrogen-bond acceptors (Lipinski definition) is 24. The van der Waals surface area contributed by atoms with E-state index < -0.39 is 26.8 Å². The van der Waals surface area contributed by atoms with Crippen molar-refractivity contribution in [3.05, 3.63) is 208 Å². The number of thioether (sulfide) groups is 1. The fraction of sp³-hybridized carbons (Fsp3) is 0.388. The summed E-state index contributed by atoms with van der Waals surface area (Å²) in [6.45, 7) is 23.6. The van der Waals surface area contributed by atoms with E-state index in [2.05, 4.69) is 122 Å². The third kappa shape index (κ3) is 26.4. The molecule has 9 heterocycles. The first-order chi connectivity index (χ1) is 54.7. The average molecular weight is 1690 g/mol. The maximum absolute atomic E-state index is 13.4. The highest BCUT2D eigenvalue weighted by atomic mass is 35.5. The highest BCUT2D eigenvalue weighted by Gasteiger charge is 2.35. The predicted octanol–water partition coefficient (Wildman–Crippen LogP) is 15.8. The molecule has 3 aliphatic rings. The monoisotopic (exact) mass is 1690 g/mol. The molecule has 7 N–H and O–H groups in total. The van der Waals surface area contributed by atoms with Crippen LogP contribution in [-0.2, 0) is 66.6 Å². The van der Waals surface area contributed by atoms with Crippen molar-refractivity contribution < 1.29 is 54.4 Å². The lowest BCUT2D eigenvalue weighted by Gasteiger charge is -2.33. The van der Waals surface area contributed by atoms with Crippen LogP contribution in [0.3, 0.4) is 0 Å². The molecule has 0 spiro atoms. The van der Waals surface area contributed by atoms with E-state index in [1.165, 1.54) is 62.2 Å². The zero-order valence-corrected chi connectivity index (χ0v) is 70.0. The summed E-state index contributed by atoms with van der Waals surface area (Å²) in [7, 11) is 0.160. The van der Waals surface area contributed by atoms with Gasteiger partial charge in [-0.3, -0.25) is 24.0 Å². The van der Waals surface area contributed by atoms with Crippen LogP contribution in [0.5, 0.6) is 0 Å². The summed E-state index contributed by atoms with van der Waals surface area (Å²) >= 11 is 11.8. The van der Waals surface area contributed by atoms with Crippen LogP contribution in [0, 0.1) is 0 Å². The van der Waals surface area contributed by atoms with Crippen molar-refractivity contribution >= 4 is 135 Å². The number of aromatic nitrogens is 6. The molecule has 3 aromatic carbocycles. The number of carbonyl (C=O) groups excluding carboxylic acids is 5. The van der Waals surface area contributed by atoms with Gasteiger partial charge in [-0.05, 0) is 150 Å². The average Bonchev–Trinajstić information content (AvgIpc) is 1.69. The van der Waals surface area contributed by atoms with Crippen molar-refractivity contribution in [2.24, 2.45) is 0 Å². The molecule has 6 aromatic heterocycles. The Morgan fingerprint density at radius 3 is 1.60 bits per heavy atom. The van der Waals surface area contributed by atoms with Gasteiger partial charge >= 0.3 is 6.18 Å². The number of likely N-dealkylation sites (tertiary alicyclic amines) is 2. The van der Waals surface area contributed by atoms with Crippen LogP contribution in [0.15, 0.2) is 171 Å². The number of amides is 5. The molecular formula is C80H95ClF3N17O9S5. The number of thiazole rings is 3. The zero-order chi connectivity index (χ0) is 82.6. The van der Waals surface area contributed by atoms with Gasteiger partial charge in [0, 0.05) is 144 Å². The van der Waals surface area contributed by atoms with Crippen LogP contribution >= 0.6 is 57.4 Å². The lowest BCUT2D eigenvalue weighted by molar-refractivity contribution is -0.137. The van der Waals surface area contributed by atoms with Gasteiger partial charge in [0.05, 0.1) is 50.6 Å². The molecule has 3 saturated heterocycles. The molecule has 9 aromatic rings. The van der Waals surface area contributed by atoms with Crippen molar-refractivity contribution in [1.29, 1.82) is 0 Å². The van der Waals surface area contributed by atoms with E-state index in [0.29, 0.717) is 84.2 Å². The lowest BCUT2D eigenvalue weighted by atomic mass is 9.94. The van der Waals surface area contributed by atoms with E-state index in [-0.39, 0.29) is 75.7 Å². The van der Waals surface area contributed by atoms with Gasteiger partial charge in [0.2, 0.25) is 33.6 Å². The number of alkyl halides is 3. The summed E-state index contributed by atoms with van der Waals surface area (Å²) in [5, 5.41) is 23.1. The third-order valence-corrected chi connectivity index (χ3v) is 24.4. The molecule has 0 radical (unpaired) electrons. The van der Waals surface area contributed by atoms with E-state index in [1.54, 1.807) is 107 Å². The number of carbonyl (C=O) groups is 5. The van der Waals surface area contributed by atoms with Crippen LogP contribution in [0.1, 0.15) is 139 Å². The van der Waals surface area contributed by atoms with Gasteiger partial charge in [0.25, 0.3) is 11.8 Å². The summed E-state index contributed by atoms with van der Waals surface area (Å²) in [5.74, 6) is 2.89. The first-order valence-corrected chi connectivity index (χ1v) is 42.5. The Kier molecular flexibility index (Phi) is 30.6. The SMILES string of the molecule is C=CC(=O)Nc1ccc(C(=O)N2CCC[C@@H](Nc3ncc(CCc4ncc(C(C)(C)C)o4)s3)C2)cc1.C=CC(=O)Nc1ccc(C(=O)N2CCC[C@@H](Nc3ncc(CNc4cc(C(F)(F)F)c(Cl)cn4)s3)C2)cc1.CN(C)C/C=C/C(=O)Nc1ccc(S(=O)(=O)N2CCC[C@@H](Nc3ncc(SCc4ncc(C(C)(C)C)o4)s3)C2)cc1. The zero-order valence-electron chi connectivity index (χ0n) is 65.1. The molecular weight excluding hydrogens is 1600 g/mol. The first-order valence-electron chi connectivity index (χ1n) is 37.3. The number of pyridine rings is 1. The number of anilines is 7. The number of hydrogen-bond donors (Lipinski definition) is 7. The number of nitrogens with one attached hydrogen (secondary N) is 7. The number of sulfonamides is 1. The van der Waals surface area contributed by atoms with E-state index in [0.717, 1.165) is 107 Å². The molecule has 3 aliphatic heterocycles. The Balaban J connectivity index is 0.000000183. The quantitative estimate of drug-likeness (QED) is 0.0186. The van der Waals surface area contributed by atoms with E-state index in [4.69, 9.17) is 20.4 Å². The molecule has 0 bridgehead atoms. The minimum atomic E-state index is -4.57. The highest BCUT2D eigenvalue weighted by molar-refractivity contribution is 8.00. The maximum Gasteiger partial charge on any atom is 0.418 e. The Labute approximate surface area is 688 Å². The predicted molar refractivity (Wildman–Crippen MR) is 449 cm³/mol. The maximum atomic E-state index is 13.4. The van der Waals surface area contributed by atoms with Crippen LogP contribution in [0.4, 0.5) is 51.4 Å². The van der Waals surface area contributed by atoms with Crippen molar-refractivity contribution in [1.82, 2.24) is 48.9 Å². The smallest absolute Gasteiger partial charge is 0.418 e. The van der Waals surface area contributed by atoms with Crippen molar-refractivity contribution in [2.45, 2.75) is 149 Å². The summed E-state index contributed by atoms with van der Waals surface area (Å²) in [6.07, 6.45) is 17.7. The Bertz CT molecular complexity index is 4940. The van der Waals surface area contributed by atoms with E-state index >= 15 is 0 Å². The summed E-state index contributed by atoms with van der Waals surface area (Å²) < 4.78 is 80.3. The fourth-order valence-electron chi connectivity index (χ4n) is 12.0. The Hall–Kier alpha value is -9.81. The third-order valence-electron chi connectivity index (χ3n) is 18.2. The van der Waals surface area contributed by atoms with Gasteiger partial charge in [-0.2, -0.15) is 17.5 Å². The molecule has 3 fully saturated rings. The second kappa shape index (κ2) is 40.2. The minimum absolute atomic E-state index is 0.00177. The second-order valence-corrected chi connectivity index (χ2v) is 36.6. The largest absolute Gasteiger partial charge is 0.445 e. The minimum Gasteiger partial charge on any atom is -0.445 e. The lowest BCUT2D eigenvalue weighted by Crippen LogP contribution is -2.45. The Morgan fingerprint density at radius 1 is 0.600 bits per heavy atom. The summed E-state index contributed by atoms with van der Waals surface area (Å²) in [5.41, 5.74) is 1.79. The molecule has 0 saturated carbocycles. The van der Waals surface area contributed by atoms with Crippen LogP contribution in [0.25, 0.3) is 0 Å². The van der Waals surface area contributed by atoms with Gasteiger partial charge in [0.15, 0.2) is 21.3 Å². The fourth-order valence-corrected chi connectivity index (χ4v) is 17.3. The normalized spacial score (nSPS) is 16.2. The van der Waals surface area contributed by atoms with Gasteiger partial charge in [-0.25, -0.2) is 38.3 Å². The number of likely N-dealkylation sites (N-methyl/N-ethyl adjacent to an activating group) is 1. The Morgan fingerprint density at radius 2 is 1.08 bits per heavy atom. The number of piperidine rings is 3.